The quantitative estimate of drug-likeness (QED) is 0.855. The summed E-state index contributed by atoms with van der Waals surface area (Å²) < 4.78 is 0. The Morgan fingerprint density at radius 2 is 2.00 bits per heavy atom. The highest BCUT2D eigenvalue weighted by molar-refractivity contribution is 6.30. The zero-order valence-electron chi connectivity index (χ0n) is 13.4. The molecule has 5 heteroatoms. The van der Waals surface area contributed by atoms with Crippen LogP contribution in [0.1, 0.15) is 50.5 Å². The first-order valence-corrected chi connectivity index (χ1v) is 8.80. The molecule has 0 aliphatic heterocycles. The smallest absolute Gasteiger partial charge is 0.224 e. The summed E-state index contributed by atoms with van der Waals surface area (Å²) in [6.45, 7) is 0.613. The minimum Gasteiger partial charge on any atom is -0.346 e. The highest BCUT2D eigenvalue weighted by atomic mass is 35.5. The largest absolute Gasteiger partial charge is 0.346 e. The van der Waals surface area contributed by atoms with Gasteiger partial charge in [-0.1, -0.05) is 43.0 Å². The second-order valence-corrected chi connectivity index (χ2v) is 7.26. The van der Waals surface area contributed by atoms with Crippen LogP contribution in [0.5, 0.6) is 0 Å². The molecule has 1 amide bonds. The van der Waals surface area contributed by atoms with E-state index in [0.717, 1.165) is 55.5 Å². The van der Waals surface area contributed by atoms with Gasteiger partial charge < -0.3 is 11.1 Å². The van der Waals surface area contributed by atoms with Crippen molar-refractivity contribution in [1.82, 2.24) is 5.32 Å². The molecular formula is C18H26Cl2N2O. The lowest BCUT2D eigenvalue weighted by Gasteiger charge is -2.33. The van der Waals surface area contributed by atoms with Crippen molar-refractivity contribution in [2.24, 2.45) is 17.6 Å². The van der Waals surface area contributed by atoms with Gasteiger partial charge in [-0.25, -0.2) is 0 Å². The maximum Gasteiger partial charge on any atom is 0.224 e. The average Bonchev–Trinajstić information content (AvgIpc) is 3.16. The van der Waals surface area contributed by atoms with Gasteiger partial charge in [-0.05, 0) is 55.8 Å². The molecule has 0 bridgehead atoms. The van der Waals surface area contributed by atoms with Gasteiger partial charge in [0.2, 0.25) is 5.91 Å². The van der Waals surface area contributed by atoms with E-state index in [4.69, 9.17) is 17.3 Å². The topological polar surface area (TPSA) is 55.1 Å². The van der Waals surface area contributed by atoms with Crippen molar-refractivity contribution in [2.45, 2.75) is 50.5 Å². The van der Waals surface area contributed by atoms with Crippen LogP contribution >= 0.6 is 24.0 Å². The Morgan fingerprint density at radius 3 is 2.65 bits per heavy atom. The number of nitrogens with two attached hydrogens (primary N) is 1. The summed E-state index contributed by atoms with van der Waals surface area (Å²) in [5.74, 6) is 0.620. The SMILES string of the molecule is Cl.NC[C@H]1CCC[C@H]1C(=O)NC1(c2cccc(Cl)c2)CCCC1. The second kappa shape index (κ2) is 7.87. The van der Waals surface area contributed by atoms with Crippen molar-refractivity contribution in [1.29, 1.82) is 0 Å². The first-order valence-electron chi connectivity index (χ1n) is 8.43. The molecule has 0 aromatic heterocycles. The normalized spacial score (nSPS) is 25.8. The van der Waals surface area contributed by atoms with Crippen LogP contribution in [0, 0.1) is 11.8 Å². The zero-order valence-corrected chi connectivity index (χ0v) is 15.0. The Kier molecular flexibility index (Phi) is 6.35. The van der Waals surface area contributed by atoms with E-state index in [2.05, 4.69) is 11.4 Å². The van der Waals surface area contributed by atoms with Gasteiger partial charge in [0.15, 0.2) is 0 Å². The first-order chi connectivity index (χ1) is 10.6. The van der Waals surface area contributed by atoms with Crippen LogP contribution in [0.4, 0.5) is 0 Å². The van der Waals surface area contributed by atoms with Crippen LogP contribution in [-0.4, -0.2) is 12.5 Å². The van der Waals surface area contributed by atoms with Crippen molar-refractivity contribution < 1.29 is 4.79 Å². The minimum absolute atomic E-state index is 0. The molecule has 128 valence electrons. The number of hydrogen-bond acceptors (Lipinski definition) is 2. The van der Waals surface area contributed by atoms with Gasteiger partial charge >= 0.3 is 0 Å². The van der Waals surface area contributed by atoms with Crippen LogP contribution in [0.15, 0.2) is 24.3 Å². The van der Waals surface area contributed by atoms with E-state index in [1.54, 1.807) is 0 Å². The molecule has 0 unspecified atom stereocenters. The van der Waals surface area contributed by atoms with Crippen molar-refractivity contribution in [2.75, 3.05) is 6.54 Å². The molecule has 1 aromatic rings. The zero-order chi connectivity index (χ0) is 15.6. The summed E-state index contributed by atoms with van der Waals surface area (Å²) in [5, 5.41) is 4.12. The highest BCUT2D eigenvalue weighted by Crippen LogP contribution is 2.41. The molecule has 2 aliphatic rings. The number of carbonyl (C=O) groups excluding carboxylic acids is 1. The fourth-order valence-electron chi connectivity index (χ4n) is 4.24. The third kappa shape index (κ3) is 3.84. The van der Waals surface area contributed by atoms with E-state index in [9.17, 15) is 4.79 Å². The Hall–Kier alpha value is -0.770. The molecule has 3 rings (SSSR count). The lowest BCUT2D eigenvalue weighted by molar-refractivity contribution is -0.128. The summed E-state index contributed by atoms with van der Waals surface area (Å²) in [6.07, 6.45) is 7.47. The first kappa shape index (κ1) is 18.6. The van der Waals surface area contributed by atoms with E-state index < -0.39 is 0 Å². The fraction of sp³-hybridized carbons (Fsp3) is 0.611. The number of hydrogen-bond donors (Lipinski definition) is 2. The monoisotopic (exact) mass is 356 g/mol. The summed E-state index contributed by atoms with van der Waals surface area (Å²) in [5.41, 5.74) is 6.75. The van der Waals surface area contributed by atoms with E-state index in [1.807, 2.05) is 18.2 Å². The molecule has 2 saturated carbocycles. The number of benzene rings is 1. The molecular weight excluding hydrogens is 331 g/mol. The number of carbonyl (C=O) groups is 1. The molecule has 2 aliphatic carbocycles. The molecule has 23 heavy (non-hydrogen) atoms. The predicted octanol–water partition coefficient (Wildman–Crippen LogP) is 4.02. The van der Waals surface area contributed by atoms with Crippen molar-refractivity contribution in [3.63, 3.8) is 0 Å². The Morgan fingerprint density at radius 1 is 1.26 bits per heavy atom. The van der Waals surface area contributed by atoms with E-state index in [-0.39, 0.29) is 29.8 Å². The number of halogens is 2. The summed E-state index contributed by atoms with van der Waals surface area (Å²) in [6, 6.07) is 7.95. The molecule has 3 nitrogen and oxygen atoms in total. The molecule has 1 aromatic carbocycles. The van der Waals surface area contributed by atoms with Crippen molar-refractivity contribution >= 4 is 29.9 Å². The van der Waals surface area contributed by atoms with Gasteiger partial charge in [-0.2, -0.15) is 0 Å². The summed E-state index contributed by atoms with van der Waals surface area (Å²) >= 11 is 6.17. The Balaban J connectivity index is 0.00000192. The van der Waals surface area contributed by atoms with E-state index in [0.29, 0.717) is 12.5 Å². The molecule has 0 saturated heterocycles. The average molecular weight is 357 g/mol. The maximum atomic E-state index is 12.8. The second-order valence-electron chi connectivity index (χ2n) is 6.82. The van der Waals surface area contributed by atoms with Crippen molar-refractivity contribution in [3.05, 3.63) is 34.9 Å². The van der Waals surface area contributed by atoms with Gasteiger partial charge in [-0.3, -0.25) is 4.79 Å². The standard InChI is InChI=1S/C18H25ClN2O.ClH/c19-15-7-4-6-14(11-15)18(9-1-2-10-18)21-17(22)16-8-3-5-13(16)12-20;/h4,6-7,11,13,16H,1-3,5,8-10,12,20H2,(H,21,22);1H/t13-,16-;/m1./s1. The van der Waals surface area contributed by atoms with Gasteiger partial charge in [0.05, 0.1) is 5.54 Å². The molecule has 3 N–H and O–H groups in total. The van der Waals surface area contributed by atoms with E-state index in [1.165, 1.54) is 0 Å². The highest BCUT2D eigenvalue weighted by Gasteiger charge is 2.40. The molecule has 0 spiro atoms. The number of nitrogens with one attached hydrogen (secondary N) is 1. The van der Waals surface area contributed by atoms with Crippen LogP contribution in [0.25, 0.3) is 0 Å². The van der Waals surface area contributed by atoms with Gasteiger partial charge in [0.25, 0.3) is 0 Å². The predicted molar refractivity (Wildman–Crippen MR) is 96.9 cm³/mol. The third-order valence-corrected chi connectivity index (χ3v) is 5.73. The van der Waals surface area contributed by atoms with Crippen LogP contribution in [0.2, 0.25) is 5.02 Å². The number of rotatable bonds is 4. The minimum atomic E-state index is -0.232. The van der Waals surface area contributed by atoms with Crippen LogP contribution < -0.4 is 11.1 Å². The van der Waals surface area contributed by atoms with Crippen LogP contribution in [-0.2, 0) is 10.3 Å². The lowest BCUT2D eigenvalue weighted by atomic mass is 9.86. The number of amides is 1. The molecule has 0 radical (unpaired) electrons. The van der Waals surface area contributed by atoms with Crippen LogP contribution in [0.3, 0.4) is 0 Å². The van der Waals surface area contributed by atoms with Crippen molar-refractivity contribution in [3.8, 4) is 0 Å². The van der Waals surface area contributed by atoms with E-state index >= 15 is 0 Å². The molecule has 2 atom stereocenters. The maximum absolute atomic E-state index is 12.8. The van der Waals surface area contributed by atoms with Gasteiger partial charge in [0, 0.05) is 10.9 Å². The Bertz CT molecular complexity index is 544. The summed E-state index contributed by atoms with van der Waals surface area (Å²) in [4.78, 5) is 12.8. The fourth-order valence-corrected chi connectivity index (χ4v) is 4.43. The van der Waals surface area contributed by atoms with Gasteiger partial charge in [0.1, 0.15) is 0 Å². The Labute approximate surface area is 149 Å². The van der Waals surface area contributed by atoms with Gasteiger partial charge in [-0.15, -0.1) is 12.4 Å². The molecule has 0 heterocycles. The molecule has 2 fully saturated rings. The lowest BCUT2D eigenvalue weighted by Crippen LogP contribution is -2.47. The third-order valence-electron chi connectivity index (χ3n) is 5.50. The summed E-state index contributed by atoms with van der Waals surface area (Å²) in [7, 11) is 0.